The number of carbonyl (C=O) groups excluding carboxylic acids is 2. The molecule has 7 nitrogen and oxygen atoms in total. The molecule has 1 saturated heterocycles. The van der Waals surface area contributed by atoms with Crippen molar-refractivity contribution in [1.82, 2.24) is 15.1 Å². The van der Waals surface area contributed by atoms with Crippen molar-refractivity contribution >= 4 is 11.8 Å². The highest BCUT2D eigenvalue weighted by atomic mass is 19.1. The second kappa shape index (κ2) is 13.4. The number of nitrogens with one attached hydrogen (secondary N) is 1. The van der Waals surface area contributed by atoms with E-state index in [4.69, 9.17) is 4.74 Å². The first-order chi connectivity index (χ1) is 19.3. The van der Waals surface area contributed by atoms with Crippen molar-refractivity contribution in [3.63, 3.8) is 0 Å². The van der Waals surface area contributed by atoms with Crippen LogP contribution in [0.3, 0.4) is 0 Å². The molecule has 1 aliphatic rings. The van der Waals surface area contributed by atoms with Crippen LogP contribution in [0, 0.1) is 12.7 Å². The number of piperazine rings is 1. The van der Waals surface area contributed by atoms with Gasteiger partial charge in [-0.2, -0.15) is 0 Å². The van der Waals surface area contributed by atoms with Crippen molar-refractivity contribution in [3.05, 3.63) is 113 Å². The first-order valence-corrected chi connectivity index (χ1v) is 13.4. The molecule has 1 heterocycles. The molecule has 2 N–H and O–H groups in total. The Kier molecular flexibility index (Phi) is 9.69. The van der Waals surface area contributed by atoms with Gasteiger partial charge in [-0.25, -0.2) is 4.39 Å². The first-order valence-electron chi connectivity index (χ1n) is 13.4. The molecule has 0 aromatic heterocycles. The zero-order valence-electron chi connectivity index (χ0n) is 23.0. The standard InChI is InChI=1S/C32H36FN3O4/c1-4-31(38)36-16-15-35(19-23(36)3)20-30(27-10-5-22(2)29(33)17-27)40-28-13-11-26(12-14-28)32(39)34-18-24-6-8-25(21-37)9-7-24/h4-14,17,23,30,37H,1,15-16,18-21H2,2-3H3,(H,34,39)/t23-,30+/m1/s1. The molecule has 0 aliphatic carbocycles. The van der Waals surface area contributed by atoms with Crippen LogP contribution in [-0.4, -0.2) is 58.9 Å². The van der Waals surface area contributed by atoms with E-state index >= 15 is 0 Å². The maximum absolute atomic E-state index is 14.5. The number of hydrogen-bond donors (Lipinski definition) is 2. The van der Waals surface area contributed by atoms with E-state index in [9.17, 15) is 19.1 Å². The Labute approximate surface area is 234 Å². The van der Waals surface area contributed by atoms with E-state index in [2.05, 4.69) is 16.8 Å². The van der Waals surface area contributed by atoms with Gasteiger partial charge < -0.3 is 20.1 Å². The van der Waals surface area contributed by atoms with Gasteiger partial charge in [-0.1, -0.05) is 43.0 Å². The van der Waals surface area contributed by atoms with Gasteiger partial charge in [-0.15, -0.1) is 0 Å². The lowest BCUT2D eigenvalue weighted by molar-refractivity contribution is -0.130. The highest BCUT2D eigenvalue weighted by Crippen LogP contribution is 2.26. The molecule has 0 spiro atoms. The molecule has 8 heteroatoms. The van der Waals surface area contributed by atoms with E-state index in [1.165, 1.54) is 12.1 Å². The Hall–Kier alpha value is -4.01. The summed E-state index contributed by atoms with van der Waals surface area (Å²) in [4.78, 5) is 28.8. The van der Waals surface area contributed by atoms with Crippen molar-refractivity contribution in [2.45, 2.75) is 39.1 Å². The summed E-state index contributed by atoms with van der Waals surface area (Å²) in [5.41, 5.74) is 3.52. The number of hydrogen-bond acceptors (Lipinski definition) is 5. The summed E-state index contributed by atoms with van der Waals surface area (Å²) in [5, 5.41) is 12.1. The number of ether oxygens (including phenoxy) is 1. The fraction of sp³-hybridized carbons (Fsp3) is 0.312. The zero-order chi connectivity index (χ0) is 28.6. The Morgan fingerprint density at radius 3 is 2.42 bits per heavy atom. The summed E-state index contributed by atoms with van der Waals surface area (Å²) in [7, 11) is 0. The van der Waals surface area contributed by atoms with Crippen LogP contribution < -0.4 is 10.1 Å². The number of nitrogens with zero attached hydrogens (tertiary/aromatic N) is 2. The van der Waals surface area contributed by atoms with Gasteiger partial charge in [-0.3, -0.25) is 14.5 Å². The Balaban J connectivity index is 1.43. The van der Waals surface area contributed by atoms with Gasteiger partial charge in [0.1, 0.15) is 17.7 Å². The number of halogens is 1. The molecule has 1 aliphatic heterocycles. The summed E-state index contributed by atoms with van der Waals surface area (Å²) in [6.07, 6.45) is 0.886. The van der Waals surface area contributed by atoms with Gasteiger partial charge >= 0.3 is 0 Å². The number of rotatable bonds is 10. The average Bonchev–Trinajstić information content (AvgIpc) is 2.97. The second-order valence-corrected chi connectivity index (χ2v) is 10.1. The maximum atomic E-state index is 14.5. The average molecular weight is 546 g/mol. The molecule has 4 rings (SSSR count). The highest BCUT2D eigenvalue weighted by Gasteiger charge is 2.28. The third-order valence-electron chi connectivity index (χ3n) is 7.21. The summed E-state index contributed by atoms with van der Waals surface area (Å²) in [5.74, 6) is -0.0188. The zero-order valence-corrected chi connectivity index (χ0v) is 23.0. The smallest absolute Gasteiger partial charge is 0.251 e. The van der Waals surface area contributed by atoms with Gasteiger partial charge in [0, 0.05) is 44.3 Å². The number of benzene rings is 3. The summed E-state index contributed by atoms with van der Waals surface area (Å²) >= 11 is 0. The molecule has 0 saturated carbocycles. The van der Waals surface area contributed by atoms with Crippen LogP contribution in [0.1, 0.15) is 45.6 Å². The number of aryl methyl sites for hydroxylation is 1. The van der Waals surface area contributed by atoms with Crippen molar-refractivity contribution in [2.75, 3.05) is 26.2 Å². The normalized spacial score (nSPS) is 16.3. The van der Waals surface area contributed by atoms with Crippen LogP contribution in [0.25, 0.3) is 0 Å². The first kappa shape index (κ1) is 29.0. The van der Waals surface area contributed by atoms with Crippen LogP contribution in [0.4, 0.5) is 4.39 Å². The van der Waals surface area contributed by atoms with E-state index in [-0.39, 0.29) is 30.3 Å². The third kappa shape index (κ3) is 7.34. The van der Waals surface area contributed by atoms with E-state index in [0.29, 0.717) is 49.6 Å². The topological polar surface area (TPSA) is 82.1 Å². The number of amides is 2. The van der Waals surface area contributed by atoms with Crippen LogP contribution in [-0.2, 0) is 17.9 Å². The van der Waals surface area contributed by atoms with E-state index < -0.39 is 6.10 Å². The number of carbonyl (C=O) groups is 2. The second-order valence-electron chi connectivity index (χ2n) is 10.1. The molecular weight excluding hydrogens is 509 g/mol. The Morgan fingerprint density at radius 1 is 1.10 bits per heavy atom. The molecule has 0 unspecified atom stereocenters. The fourth-order valence-electron chi connectivity index (χ4n) is 4.79. The fourth-order valence-corrected chi connectivity index (χ4v) is 4.79. The van der Waals surface area contributed by atoms with Gasteiger partial charge in [0.25, 0.3) is 5.91 Å². The number of aliphatic hydroxyl groups excluding tert-OH is 1. The molecule has 210 valence electrons. The molecular formula is C32H36FN3O4. The molecule has 0 bridgehead atoms. The quantitative estimate of drug-likeness (QED) is 0.369. The predicted octanol–water partition coefficient (Wildman–Crippen LogP) is 4.40. The molecule has 2 atom stereocenters. The lowest BCUT2D eigenvalue weighted by atomic mass is 10.0. The monoisotopic (exact) mass is 545 g/mol. The lowest BCUT2D eigenvalue weighted by Crippen LogP contribution is -2.54. The van der Waals surface area contributed by atoms with Crippen molar-refractivity contribution in [2.24, 2.45) is 0 Å². The Morgan fingerprint density at radius 2 is 1.80 bits per heavy atom. The molecule has 40 heavy (non-hydrogen) atoms. The van der Waals surface area contributed by atoms with E-state index in [1.54, 1.807) is 42.2 Å². The molecule has 1 fully saturated rings. The lowest BCUT2D eigenvalue weighted by Gasteiger charge is -2.40. The minimum Gasteiger partial charge on any atom is -0.484 e. The minimum absolute atomic E-state index is 0.0139. The van der Waals surface area contributed by atoms with Gasteiger partial charge in [0.05, 0.1) is 6.61 Å². The van der Waals surface area contributed by atoms with Gasteiger partial charge in [-0.05, 0) is 72.5 Å². The highest BCUT2D eigenvalue weighted by molar-refractivity contribution is 5.94. The minimum atomic E-state index is -0.453. The Bertz CT molecular complexity index is 1330. The maximum Gasteiger partial charge on any atom is 0.251 e. The van der Waals surface area contributed by atoms with Crippen molar-refractivity contribution < 1.29 is 23.8 Å². The largest absolute Gasteiger partial charge is 0.484 e. The molecule has 0 radical (unpaired) electrons. The SMILES string of the molecule is C=CC(=O)N1CCN(C[C@H](Oc2ccc(C(=O)NCc3ccc(CO)cc3)cc2)c2ccc(C)c(F)c2)C[C@H]1C. The predicted molar refractivity (Wildman–Crippen MR) is 152 cm³/mol. The van der Waals surface area contributed by atoms with Gasteiger partial charge in [0.2, 0.25) is 5.91 Å². The molecule has 3 aromatic rings. The summed E-state index contributed by atoms with van der Waals surface area (Å²) < 4.78 is 20.9. The van der Waals surface area contributed by atoms with Crippen LogP contribution in [0.2, 0.25) is 0 Å². The van der Waals surface area contributed by atoms with Crippen LogP contribution in [0.15, 0.2) is 79.4 Å². The van der Waals surface area contributed by atoms with E-state index in [1.807, 2.05) is 37.3 Å². The van der Waals surface area contributed by atoms with Crippen molar-refractivity contribution in [3.8, 4) is 5.75 Å². The van der Waals surface area contributed by atoms with Crippen molar-refractivity contribution in [1.29, 1.82) is 0 Å². The summed E-state index contributed by atoms with van der Waals surface area (Å²) in [6.45, 7) is 10.1. The van der Waals surface area contributed by atoms with E-state index in [0.717, 1.165) is 16.7 Å². The molecule has 3 aromatic carbocycles. The van der Waals surface area contributed by atoms with Crippen LogP contribution in [0.5, 0.6) is 5.75 Å². The van der Waals surface area contributed by atoms with Crippen LogP contribution >= 0.6 is 0 Å². The third-order valence-corrected chi connectivity index (χ3v) is 7.21. The van der Waals surface area contributed by atoms with Gasteiger partial charge in [0.15, 0.2) is 0 Å². The summed E-state index contributed by atoms with van der Waals surface area (Å²) in [6, 6.07) is 19.4. The number of aliphatic hydroxyl groups is 1. The molecule has 2 amide bonds.